The van der Waals surface area contributed by atoms with Crippen molar-refractivity contribution in [3.05, 3.63) is 53.4 Å². The molecule has 6 rings (SSSR count). The molecule has 2 saturated heterocycles. The molecule has 34 heavy (non-hydrogen) atoms. The molecule has 0 amide bonds. The summed E-state index contributed by atoms with van der Waals surface area (Å²) in [6, 6.07) is 5.04. The van der Waals surface area contributed by atoms with Gasteiger partial charge in [-0.15, -0.1) is 0 Å². The molecule has 2 fully saturated rings. The minimum absolute atomic E-state index is 0.166. The zero-order valence-corrected chi connectivity index (χ0v) is 17.9. The van der Waals surface area contributed by atoms with Crippen molar-refractivity contribution in [1.82, 2.24) is 9.97 Å². The van der Waals surface area contributed by atoms with E-state index in [0.29, 0.717) is 30.7 Å². The number of ether oxygens (including phenoxy) is 4. The van der Waals surface area contributed by atoms with E-state index in [1.54, 1.807) is 6.08 Å². The average Bonchev–Trinajstić information content (AvgIpc) is 3.51. The summed E-state index contributed by atoms with van der Waals surface area (Å²) < 4.78 is 67.1. The molecule has 5 heterocycles. The first-order chi connectivity index (χ1) is 16.5. The zero-order valence-electron chi connectivity index (χ0n) is 17.9. The van der Waals surface area contributed by atoms with E-state index in [2.05, 4.69) is 9.97 Å². The van der Waals surface area contributed by atoms with Crippen LogP contribution in [0.1, 0.15) is 12.0 Å². The van der Waals surface area contributed by atoms with Gasteiger partial charge in [-0.05, 0) is 29.7 Å². The van der Waals surface area contributed by atoms with Crippen LogP contribution in [0.15, 0.2) is 30.3 Å². The van der Waals surface area contributed by atoms with Gasteiger partial charge in [-0.3, -0.25) is 0 Å². The van der Waals surface area contributed by atoms with E-state index in [0.717, 1.165) is 11.6 Å². The fourth-order valence-corrected chi connectivity index (χ4v) is 4.73. The van der Waals surface area contributed by atoms with Gasteiger partial charge in [0.05, 0.1) is 43.0 Å². The lowest BCUT2D eigenvalue weighted by Crippen LogP contribution is -2.34. The summed E-state index contributed by atoms with van der Waals surface area (Å²) in [5, 5.41) is 9.87. The summed E-state index contributed by atoms with van der Waals surface area (Å²) in [6.07, 6.45) is 0.260. The number of halogens is 3. The van der Waals surface area contributed by atoms with Crippen LogP contribution in [0.4, 0.5) is 13.2 Å². The maximum Gasteiger partial charge on any atom is 0.193 e. The highest BCUT2D eigenvalue weighted by Gasteiger charge is 2.48. The number of rotatable bonds is 4. The normalized spacial score (nSPS) is 26.6. The van der Waals surface area contributed by atoms with Crippen molar-refractivity contribution in [2.24, 2.45) is 0 Å². The Morgan fingerprint density at radius 1 is 1.00 bits per heavy atom. The van der Waals surface area contributed by atoms with Crippen LogP contribution in [-0.4, -0.2) is 65.9 Å². The van der Waals surface area contributed by atoms with Crippen LogP contribution in [0.2, 0.25) is 0 Å². The van der Waals surface area contributed by atoms with Crippen molar-refractivity contribution in [1.29, 1.82) is 0 Å². The number of pyridine rings is 1. The highest BCUT2D eigenvalue weighted by Crippen LogP contribution is 2.34. The number of aliphatic hydroxyl groups excluding tert-OH is 1. The lowest BCUT2D eigenvalue weighted by molar-refractivity contribution is 0.00794. The standard InChI is InChI=1S/C24H21F3N2O5/c25-13-5-12(11-1-3-31-4-2-11)6-14(26)21(13)22-15(27)7-16-17(29-22)8-20(28-16)34-19-10-33-23-18(30)9-32-24(19)23/h1,5-8,18-19,23-24,28,30H,2-4,9-10H2/t18-,19-,23-,24-/m1/s1. The Hall–Kier alpha value is -2.92. The summed E-state index contributed by atoms with van der Waals surface area (Å²) in [6.45, 7) is 1.24. The summed E-state index contributed by atoms with van der Waals surface area (Å²) >= 11 is 0. The lowest BCUT2D eigenvalue weighted by atomic mass is 9.98. The highest BCUT2D eigenvalue weighted by atomic mass is 19.1. The number of nitrogens with zero attached hydrogens (tertiary/aromatic N) is 1. The lowest BCUT2D eigenvalue weighted by Gasteiger charge is -2.16. The van der Waals surface area contributed by atoms with E-state index in [4.69, 9.17) is 18.9 Å². The Morgan fingerprint density at radius 3 is 2.56 bits per heavy atom. The number of fused-ring (bicyclic) bond motifs is 2. The average molecular weight is 474 g/mol. The Morgan fingerprint density at radius 2 is 1.79 bits per heavy atom. The summed E-state index contributed by atoms with van der Waals surface area (Å²) in [7, 11) is 0. The number of aromatic amines is 1. The number of hydrogen-bond donors (Lipinski definition) is 2. The van der Waals surface area contributed by atoms with Gasteiger partial charge >= 0.3 is 0 Å². The van der Waals surface area contributed by atoms with Gasteiger partial charge < -0.3 is 29.0 Å². The van der Waals surface area contributed by atoms with Crippen LogP contribution in [0, 0.1) is 17.5 Å². The molecule has 178 valence electrons. The molecule has 2 aromatic heterocycles. The molecule has 2 N–H and O–H groups in total. The molecule has 0 radical (unpaired) electrons. The van der Waals surface area contributed by atoms with Gasteiger partial charge in [0.1, 0.15) is 35.6 Å². The van der Waals surface area contributed by atoms with Crippen molar-refractivity contribution < 1.29 is 37.2 Å². The fraction of sp³-hybridized carbons (Fsp3) is 0.375. The zero-order chi connectivity index (χ0) is 23.4. The van der Waals surface area contributed by atoms with Gasteiger partial charge in [-0.1, -0.05) is 6.08 Å². The van der Waals surface area contributed by atoms with Crippen molar-refractivity contribution in [3.63, 3.8) is 0 Å². The molecule has 7 nitrogen and oxygen atoms in total. The van der Waals surface area contributed by atoms with E-state index >= 15 is 0 Å². The number of aromatic nitrogens is 2. The topological polar surface area (TPSA) is 85.8 Å². The number of nitrogens with one attached hydrogen (secondary N) is 1. The number of H-pyrrole nitrogens is 1. The molecular weight excluding hydrogens is 453 g/mol. The molecule has 0 spiro atoms. The van der Waals surface area contributed by atoms with Crippen molar-refractivity contribution in [2.45, 2.75) is 30.8 Å². The van der Waals surface area contributed by atoms with E-state index < -0.39 is 53.1 Å². The van der Waals surface area contributed by atoms with E-state index in [1.807, 2.05) is 0 Å². The maximum absolute atomic E-state index is 15.0. The SMILES string of the molecule is O[C@@H]1CO[C@H]2[C@@H]1OC[C@H]2Oc1cc2nc(-c3c(F)cc(C4=CCOCC4)cc3F)c(F)cc2[nH]1. The third-order valence-corrected chi connectivity index (χ3v) is 6.40. The van der Waals surface area contributed by atoms with Crippen LogP contribution in [0.5, 0.6) is 5.88 Å². The molecule has 4 atom stereocenters. The first kappa shape index (κ1) is 21.6. The molecule has 0 saturated carbocycles. The molecule has 3 aromatic rings. The monoisotopic (exact) mass is 474 g/mol. The Bertz CT molecular complexity index is 1270. The Labute approximate surface area is 192 Å². The molecule has 3 aliphatic rings. The quantitative estimate of drug-likeness (QED) is 0.603. The van der Waals surface area contributed by atoms with E-state index in [9.17, 15) is 18.3 Å². The van der Waals surface area contributed by atoms with Gasteiger partial charge in [0.15, 0.2) is 17.8 Å². The van der Waals surface area contributed by atoms with Crippen LogP contribution in [0.25, 0.3) is 27.9 Å². The Kier molecular flexibility index (Phi) is 5.33. The fourth-order valence-electron chi connectivity index (χ4n) is 4.73. The summed E-state index contributed by atoms with van der Waals surface area (Å²) in [5.74, 6) is -2.39. The van der Waals surface area contributed by atoms with Gasteiger partial charge in [0, 0.05) is 12.1 Å². The third kappa shape index (κ3) is 3.67. The minimum Gasteiger partial charge on any atom is -0.470 e. The predicted octanol–water partition coefficient (Wildman–Crippen LogP) is 3.36. The first-order valence-corrected chi connectivity index (χ1v) is 11.0. The molecule has 3 aliphatic heterocycles. The van der Waals surface area contributed by atoms with Gasteiger partial charge in [0.25, 0.3) is 0 Å². The predicted molar refractivity (Wildman–Crippen MR) is 115 cm³/mol. The van der Waals surface area contributed by atoms with Crippen molar-refractivity contribution in [2.75, 3.05) is 26.4 Å². The second-order valence-corrected chi connectivity index (χ2v) is 8.57. The van der Waals surface area contributed by atoms with Gasteiger partial charge in [-0.25, -0.2) is 18.2 Å². The molecule has 10 heteroatoms. The minimum atomic E-state index is -0.897. The third-order valence-electron chi connectivity index (χ3n) is 6.40. The van der Waals surface area contributed by atoms with Gasteiger partial charge in [-0.2, -0.15) is 0 Å². The summed E-state index contributed by atoms with van der Waals surface area (Å²) in [4.78, 5) is 7.09. The second kappa shape index (κ2) is 8.38. The van der Waals surface area contributed by atoms with Crippen LogP contribution in [0.3, 0.4) is 0 Å². The van der Waals surface area contributed by atoms with Crippen LogP contribution < -0.4 is 4.74 Å². The van der Waals surface area contributed by atoms with Crippen LogP contribution >= 0.6 is 0 Å². The molecule has 0 unspecified atom stereocenters. The van der Waals surface area contributed by atoms with Gasteiger partial charge in [0.2, 0.25) is 0 Å². The number of aliphatic hydroxyl groups is 1. The van der Waals surface area contributed by atoms with Crippen molar-refractivity contribution in [3.8, 4) is 17.1 Å². The second-order valence-electron chi connectivity index (χ2n) is 8.57. The molecule has 0 bridgehead atoms. The highest BCUT2D eigenvalue weighted by molar-refractivity contribution is 5.81. The first-order valence-electron chi connectivity index (χ1n) is 11.0. The van der Waals surface area contributed by atoms with E-state index in [-0.39, 0.29) is 24.6 Å². The molecule has 1 aromatic carbocycles. The Balaban J connectivity index is 1.31. The maximum atomic E-state index is 15.0. The number of benzene rings is 1. The summed E-state index contributed by atoms with van der Waals surface area (Å²) in [5.41, 5.74) is 0.820. The smallest absolute Gasteiger partial charge is 0.193 e. The van der Waals surface area contributed by atoms with Crippen molar-refractivity contribution >= 4 is 16.6 Å². The van der Waals surface area contributed by atoms with E-state index in [1.165, 1.54) is 18.2 Å². The largest absolute Gasteiger partial charge is 0.470 e. The molecule has 0 aliphatic carbocycles. The van der Waals surface area contributed by atoms with Crippen LogP contribution in [-0.2, 0) is 14.2 Å². The molecular formula is C24H21F3N2O5. The number of hydrogen-bond acceptors (Lipinski definition) is 6.